The number of hydrogen-bond acceptors (Lipinski definition) is 2. The second kappa shape index (κ2) is 3.53. The third-order valence-corrected chi connectivity index (χ3v) is 1.83. The van der Waals surface area contributed by atoms with Crippen molar-refractivity contribution >= 4 is 5.97 Å². The molecular formula is C8H12O3. The summed E-state index contributed by atoms with van der Waals surface area (Å²) in [5.74, 6) is -0.773. The van der Waals surface area contributed by atoms with Crippen molar-refractivity contribution in [1.29, 1.82) is 0 Å². The van der Waals surface area contributed by atoms with Crippen LogP contribution < -0.4 is 0 Å². The normalized spacial score (nSPS) is 30.3. The Morgan fingerprint density at radius 3 is 2.91 bits per heavy atom. The summed E-state index contributed by atoms with van der Waals surface area (Å²) in [6, 6.07) is 0. The lowest BCUT2D eigenvalue weighted by atomic mass is 9.91. The van der Waals surface area contributed by atoms with Crippen LogP contribution in [-0.4, -0.2) is 22.3 Å². The van der Waals surface area contributed by atoms with Gasteiger partial charge in [-0.2, -0.15) is 0 Å². The minimum atomic E-state index is -0.797. The van der Waals surface area contributed by atoms with Crippen LogP contribution in [0, 0.1) is 5.92 Å². The van der Waals surface area contributed by atoms with Crippen LogP contribution in [0.5, 0.6) is 0 Å². The molecule has 0 spiro atoms. The quantitative estimate of drug-likeness (QED) is 0.581. The zero-order valence-corrected chi connectivity index (χ0v) is 6.23. The van der Waals surface area contributed by atoms with Crippen LogP contribution in [0.4, 0.5) is 0 Å². The van der Waals surface area contributed by atoms with E-state index in [1.54, 1.807) is 0 Å². The SMILES string of the molecule is O=C(O)C[C@H]1C=CC[C@@H](O)C1. The van der Waals surface area contributed by atoms with E-state index < -0.39 is 5.97 Å². The van der Waals surface area contributed by atoms with Crippen LogP contribution >= 0.6 is 0 Å². The molecule has 0 aliphatic heterocycles. The van der Waals surface area contributed by atoms with Gasteiger partial charge < -0.3 is 10.2 Å². The second-order valence-corrected chi connectivity index (χ2v) is 2.91. The maximum Gasteiger partial charge on any atom is 0.303 e. The third-order valence-electron chi connectivity index (χ3n) is 1.83. The fourth-order valence-electron chi connectivity index (χ4n) is 1.33. The van der Waals surface area contributed by atoms with Crippen molar-refractivity contribution in [2.45, 2.75) is 25.4 Å². The molecule has 0 bridgehead atoms. The average Bonchev–Trinajstić information content (AvgIpc) is 1.85. The lowest BCUT2D eigenvalue weighted by molar-refractivity contribution is -0.137. The molecule has 62 valence electrons. The number of aliphatic carboxylic acids is 1. The van der Waals surface area contributed by atoms with Gasteiger partial charge in [0.2, 0.25) is 0 Å². The van der Waals surface area contributed by atoms with Gasteiger partial charge in [-0.25, -0.2) is 0 Å². The van der Waals surface area contributed by atoms with Crippen molar-refractivity contribution < 1.29 is 15.0 Å². The van der Waals surface area contributed by atoms with Gasteiger partial charge >= 0.3 is 5.97 Å². The standard InChI is InChI=1S/C8H12O3/c9-7-3-1-2-6(4-7)5-8(10)11/h1-2,6-7,9H,3-5H2,(H,10,11)/t6-,7+/m0/s1. The minimum Gasteiger partial charge on any atom is -0.481 e. The van der Waals surface area contributed by atoms with Crippen molar-refractivity contribution in [3.8, 4) is 0 Å². The largest absolute Gasteiger partial charge is 0.481 e. The first-order valence-corrected chi connectivity index (χ1v) is 3.75. The number of carbonyl (C=O) groups is 1. The smallest absolute Gasteiger partial charge is 0.303 e. The molecule has 0 aromatic heterocycles. The van der Waals surface area contributed by atoms with Crippen LogP contribution in [-0.2, 0) is 4.79 Å². The molecule has 0 aromatic rings. The number of aliphatic hydroxyl groups is 1. The van der Waals surface area contributed by atoms with Crippen LogP contribution in [0.25, 0.3) is 0 Å². The third kappa shape index (κ3) is 2.72. The van der Waals surface area contributed by atoms with E-state index in [0.29, 0.717) is 12.8 Å². The van der Waals surface area contributed by atoms with Crippen molar-refractivity contribution in [2.24, 2.45) is 5.92 Å². The second-order valence-electron chi connectivity index (χ2n) is 2.91. The lowest BCUT2D eigenvalue weighted by Gasteiger charge is -2.18. The molecule has 0 aromatic carbocycles. The number of allylic oxidation sites excluding steroid dienone is 1. The molecule has 0 radical (unpaired) electrons. The van der Waals surface area contributed by atoms with Gasteiger partial charge in [-0.05, 0) is 18.8 Å². The minimum absolute atomic E-state index is 0.0243. The van der Waals surface area contributed by atoms with Crippen LogP contribution in [0.1, 0.15) is 19.3 Å². The van der Waals surface area contributed by atoms with Crippen LogP contribution in [0.3, 0.4) is 0 Å². The monoisotopic (exact) mass is 156 g/mol. The molecule has 1 rings (SSSR count). The van der Waals surface area contributed by atoms with Gasteiger partial charge in [0.05, 0.1) is 12.5 Å². The maximum absolute atomic E-state index is 10.3. The van der Waals surface area contributed by atoms with Gasteiger partial charge in [0, 0.05) is 0 Å². The number of carboxylic acid groups (broad SMARTS) is 1. The van der Waals surface area contributed by atoms with Gasteiger partial charge in [-0.1, -0.05) is 12.2 Å². The van der Waals surface area contributed by atoms with E-state index in [1.807, 2.05) is 12.2 Å². The predicted octanol–water partition coefficient (Wildman–Crippen LogP) is 0.788. The summed E-state index contributed by atoms with van der Waals surface area (Å²) in [5, 5.41) is 17.6. The van der Waals surface area contributed by atoms with Gasteiger partial charge in [0.25, 0.3) is 0 Å². The van der Waals surface area contributed by atoms with Gasteiger partial charge in [-0.15, -0.1) is 0 Å². The van der Waals surface area contributed by atoms with Crippen molar-refractivity contribution in [3.63, 3.8) is 0 Å². The van der Waals surface area contributed by atoms with E-state index >= 15 is 0 Å². The summed E-state index contributed by atoms with van der Waals surface area (Å²) in [5.41, 5.74) is 0. The van der Waals surface area contributed by atoms with Gasteiger partial charge in [-0.3, -0.25) is 4.79 Å². The molecule has 0 saturated carbocycles. The number of hydrogen-bond donors (Lipinski definition) is 2. The maximum atomic E-state index is 10.3. The highest BCUT2D eigenvalue weighted by Gasteiger charge is 2.17. The fourth-order valence-corrected chi connectivity index (χ4v) is 1.33. The summed E-state index contributed by atoms with van der Waals surface area (Å²) < 4.78 is 0. The Bertz CT molecular complexity index is 174. The Hall–Kier alpha value is -0.830. The molecule has 0 fully saturated rings. The van der Waals surface area contributed by atoms with Gasteiger partial charge in [0.15, 0.2) is 0 Å². The van der Waals surface area contributed by atoms with E-state index in [9.17, 15) is 4.79 Å². The molecule has 0 amide bonds. The summed E-state index contributed by atoms with van der Waals surface area (Å²) in [4.78, 5) is 10.3. The summed E-state index contributed by atoms with van der Waals surface area (Å²) >= 11 is 0. The average molecular weight is 156 g/mol. The summed E-state index contributed by atoms with van der Waals surface area (Å²) in [6.45, 7) is 0. The van der Waals surface area contributed by atoms with E-state index in [4.69, 9.17) is 10.2 Å². The molecule has 11 heavy (non-hydrogen) atoms. The molecular weight excluding hydrogens is 144 g/mol. The molecule has 3 nitrogen and oxygen atoms in total. The number of aliphatic hydroxyl groups excluding tert-OH is 1. The highest BCUT2D eigenvalue weighted by Crippen LogP contribution is 2.20. The Kier molecular flexibility index (Phi) is 2.65. The zero-order chi connectivity index (χ0) is 8.27. The highest BCUT2D eigenvalue weighted by molar-refractivity contribution is 5.67. The summed E-state index contributed by atoms with van der Waals surface area (Å²) in [6.07, 6.45) is 4.76. The predicted molar refractivity (Wildman–Crippen MR) is 40.1 cm³/mol. The van der Waals surface area contributed by atoms with Crippen molar-refractivity contribution in [2.75, 3.05) is 0 Å². The number of rotatable bonds is 2. The first-order valence-electron chi connectivity index (χ1n) is 3.75. The molecule has 3 heteroatoms. The molecule has 0 saturated heterocycles. The Labute approximate surface area is 65.3 Å². The van der Waals surface area contributed by atoms with Crippen LogP contribution in [0.15, 0.2) is 12.2 Å². The molecule has 1 aliphatic rings. The number of carboxylic acids is 1. The van der Waals surface area contributed by atoms with Crippen molar-refractivity contribution in [3.05, 3.63) is 12.2 Å². The van der Waals surface area contributed by atoms with Crippen LogP contribution in [0.2, 0.25) is 0 Å². The molecule has 0 unspecified atom stereocenters. The first kappa shape index (κ1) is 8.27. The summed E-state index contributed by atoms with van der Waals surface area (Å²) in [7, 11) is 0. The highest BCUT2D eigenvalue weighted by atomic mass is 16.4. The van der Waals surface area contributed by atoms with E-state index in [1.165, 1.54) is 0 Å². The first-order chi connectivity index (χ1) is 5.18. The Balaban J connectivity index is 2.40. The Morgan fingerprint density at radius 2 is 2.36 bits per heavy atom. The van der Waals surface area contributed by atoms with E-state index in [-0.39, 0.29) is 18.4 Å². The zero-order valence-electron chi connectivity index (χ0n) is 6.23. The fraction of sp³-hybridized carbons (Fsp3) is 0.625. The lowest BCUT2D eigenvalue weighted by Crippen LogP contribution is -2.17. The topological polar surface area (TPSA) is 57.5 Å². The Morgan fingerprint density at radius 1 is 1.64 bits per heavy atom. The molecule has 2 atom stereocenters. The van der Waals surface area contributed by atoms with Crippen molar-refractivity contribution in [1.82, 2.24) is 0 Å². The van der Waals surface area contributed by atoms with Gasteiger partial charge in [0.1, 0.15) is 0 Å². The molecule has 2 N–H and O–H groups in total. The van der Waals surface area contributed by atoms with E-state index in [0.717, 1.165) is 0 Å². The molecule has 0 heterocycles. The molecule has 1 aliphatic carbocycles. The van der Waals surface area contributed by atoms with E-state index in [2.05, 4.69) is 0 Å².